The lowest BCUT2D eigenvalue weighted by molar-refractivity contribution is 0.111. The molecule has 0 bridgehead atoms. The van der Waals surface area contributed by atoms with E-state index < -0.39 is 0 Å². The van der Waals surface area contributed by atoms with Gasteiger partial charge in [0.05, 0.1) is 35.5 Å². The lowest BCUT2D eigenvalue weighted by atomic mass is 10.2. The molecule has 0 aliphatic heterocycles. The van der Waals surface area contributed by atoms with E-state index in [-0.39, 0.29) is 0 Å². The lowest BCUT2D eigenvalue weighted by Gasteiger charge is -2.12. The quantitative estimate of drug-likeness (QED) is 0.243. The van der Waals surface area contributed by atoms with Crippen LogP contribution in [0.3, 0.4) is 0 Å². The van der Waals surface area contributed by atoms with Crippen LogP contribution in [0.5, 0.6) is 0 Å². The van der Waals surface area contributed by atoms with E-state index in [0.29, 0.717) is 25.3 Å². The number of rotatable bonds is 9. The maximum absolute atomic E-state index is 11.8. The second kappa shape index (κ2) is 8.82. The number of carbonyl (C=O) groups excluding carboxylic acids is 1. The molecule has 0 aliphatic rings. The van der Waals surface area contributed by atoms with E-state index in [0.717, 1.165) is 44.2 Å². The first kappa shape index (κ1) is 20.9. The van der Waals surface area contributed by atoms with Crippen LogP contribution in [0, 0.1) is 0 Å². The Kier molecular flexibility index (Phi) is 5.96. The summed E-state index contributed by atoms with van der Waals surface area (Å²) in [7, 11) is 7.26. The zero-order valence-corrected chi connectivity index (χ0v) is 18.7. The van der Waals surface area contributed by atoms with E-state index in [2.05, 4.69) is 20.4 Å². The van der Waals surface area contributed by atoms with Gasteiger partial charge in [-0.15, -0.1) is 11.3 Å². The second-order valence-electron chi connectivity index (χ2n) is 7.26. The molecule has 4 aromatic heterocycles. The number of aldehydes is 1. The zero-order valence-electron chi connectivity index (χ0n) is 17.9. The molecule has 1 N–H and O–H groups in total. The first-order valence-electron chi connectivity index (χ1n) is 9.67. The van der Waals surface area contributed by atoms with Gasteiger partial charge in [0.25, 0.3) is 0 Å². The number of nitrogens with one attached hydrogen (secondary N) is 1. The fourth-order valence-corrected chi connectivity index (χ4v) is 4.60. The Morgan fingerprint density at radius 1 is 1.39 bits per heavy atom. The summed E-state index contributed by atoms with van der Waals surface area (Å²) in [5, 5.41) is 18.7. The Morgan fingerprint density at radius 3 is 2.94 bits per heavy atom. The highest BCUT2D eigenvalue weighted by Gasteiger charge is 2.19. The number of thiazole rings is 1. The Hall–Kier alpha value is -3.31. The number of ether oxygens (including phenoxy) is 1. The van der Waals surface area contributed by atoms with Crippen molar-refractivity contribution in [2.75, 3.05) is 14.2 Å². The number of hydrazone groups is 1. The van der Waals surface area contributed by atoms with Crippen LogP contribution in [0.4, 0.5) is 0 Å². The molecule has 4 heterocycles. The van der Waals surface area contributed by atoms with E-state index >= 15 is 0 Å². The van der Waals surface area contributed by atoms with E-state index in [1.54, 1.807) is 40.5 Å². The molecule has 0 aromatic carbocycles. The maximum Gasteiger partial charge on any atom is 0.167 e. The van der Waals surface area contributed by atoms with Gasteiger partial charge in [-0.3, -0.25) is 19.6 Å². The van der Waals surface area contributed by atoms with Crippen molar-refractivity contribution in [3.8, 4) is 0 Å². The SMILES string of the molecule is COCc1cn(C)nc1CN(C)/N=C\c1c(C=O)n(C)c2nc(Cc3ccn[nH]3)sc12. The summed E-state index contributed by atoms with van der Waals surface area (Å²) in [6.07, 6.45) is 6.90. The Labute approximate surface area is 183 Å². The number of H-pyrrole nitrogens is 1. The molecule has 31 heavy (non-hydrogen) atoms. The van der Waals surface area contributed by atoms with E-state index in [1.807, 2.05) is 38.0 Å². The fraction of sp³-hybridized carbons (Fsp3) is 0.350. The second-order valence-corrected chi connectivity index (χ2v) is 8.35. The summed E-state index contributed by atoms with van der Waals surface area (Å²) in [6.45, 7) is 1.02. The average molecular weight is 441 g/mol. The molecule has 4 rings (SSSR count). The smallest absolute Gasteiger partial charge is 0.167 e. The third-order valence-electron chi connectivity index (χ3n) is 4.92. The molecule has 0 amide bonds. The molecule has 4 aromatic rings. The van der Waals surface area contributed by atoms with Crippen molar-refractivity contribution in [3.63, 3.8) is 0 Å². The topological polar surface area (TPSA) is 106 Å². The van der Waals surface area contributed by atoms with E-state index in [4.69, 9.17) is 9.72 Å². The Balaban J connectivity index is 1.59. The van der Waals surface area contributed by atoms with Gasteiger partial charge in [0, 0.05) is 63.9 Å². The molecular weight excluding hydrogens is 416 g/mol. The number of nitrogens with zero attached hydrogens (tertiary/aromatic N) is 7. The highest BCUT2D eigenvalue weighted by atomic mass is 32.1. The zero-order chi connectivity index (χ0) is 22.0. The number of aryl methyl sites for hydroxylation is 2. The molecule has 0 unspecified atom stereocenters. The number of carbonyl (C=O) groups is 1. The molecule has 0 aliphatic carbocycles. The normalized spacial score (nSPS) is 11.7. The molecule has 0 fully saturated rings. The van der Waals surface area contributed by atoms with Gasteiger partial charge in [-0.1, -0.05) is 0 Å². The van der Waals surface area contributed by atoms with Crippen molar-refractivity contribution in [3.05, 3.63) is 51.7 Å². The van der Waals surface area contributed by atoms with Crippen LogP contribution in [-0.4, -0.2) is 61.2 Å². The molecule has 10 nitrogen and oxygen atoms in total. The molecule has 162 valence electrons. The summed E-state index contributed by atoms with van der Waals surface area (Å²) in [5.41, 5.74) is 5.01. The van der Waals surface area contributed by atoms with Crippen LogP contribution >= 0.6 is 11.3 Å². The van der Waals surface area contributed by atoms with Gasteiger partial charge >= 0.3 is 0 Å². The van der Waals surface area contributed by atoms with Gasteiger partial charge < -0.3 is 9.30 Å². The monoisotopic (exact) mass is 440 g/mol. The van der Waals surface area contributed by atoms with E-state index in [1.165, 1.54) is 0 Å². The van der Waals surface area contributed by atoms with Crippen LogP contribution in [0.25, 0.3) is 10.3 Å². The number of fused-ring (bicyclic) bond motifs is 1. The van der Waals surface area contributed by atoms with Gasteiger partial charge in [-0.2, -0.15) is 15.3 Å². The van der Waals surface area contributed by atoms with Crippen molar-refractivity contribution in [2.24, 2.45) is 19.2 Å². The summed E-state index contributed by atoms with van der Waals surface area (Å²) >= 11 is 1.56. The van der Waals surface area contributed by atoms with Gasteiger partial charge in [0.15, 0.2) is 11.9 Å². The lowest BCUT2D eigenvalue weighted by Crippen LogP contribution is -2.13. The van der Waals surface area contributed by atoms with Crippen LogP contribution in [-0.2, 0) is 38.4 Å². The summed E-state index contributed by atoms with van der Waals surface area (Å²) in [5.74, 6) is 0. The van der Waals surface area contributed by atoms with Crippen LogP contribution in [0.15, 0.2) is 23.6 Å². The van der Waals surface area contributed by atoms with E-state index in [9.17, 15) is 4.79 Å². The molecule has 0 saturated heterocycles. The highest BCUT2D eigenvalue weighted by Crippen LogP contribution is 2.30. The molecule has 0 atom stereocenters. The first-order valence-corrected chi connectivity index (χ1v) is 10.5. The summed E-state index contributed by atoms with van der Waals surface area (Å²) in [4.78, 5) is 16.5. The number of hydrogen-bond donors (Lipinski definition) is 1. The molecule has 0 spiro atoms. The van der Waals surface area contributed by atoms with Gasteiger partial charge in [0.2, 0.25) is 0 Å². The molecular formula is C20H24N8O2S. The number of aromatic amines is 1. The Morgan fingerprint density at radius 2 is 2.23 bits per heavy atom. The van der Waals surface area contributed by atoms with Crippen molar-refractivity contribution < 1.29 is 9.53 Å². The van der Waals surface area contributed by atoms with Crippen LogP contribution < -0.4 is 0 Å². The Bertz CT molecular complexity index is 1220. The summed E-state index contributed by atoms with van der Waals surface area (Å²) < 4.78 is 9.77. The predicted molar refractivity (Wildman–Crippen MR) is 118 cm³/mol. The van der Waals surface area contributed by atoms with Gasteiger partial charge in [-0.25, -0.2) is 4.98 Å². The molecule has 0 saturated carbocycles. The number of methoxy groups -OCH3 is 1. The number of hydrogen-bond acceptors (Lipinski definition) is 8. The van der Waals surface area contributed by atoms with Crippen LogP contribution in [0.1, 0.15) is 38.0 Å². The average Bonchev–Trinajstić information content (AvgIpc) is 3.49. The molecule has 11 heteroatoms. The van der Waals surface area contributed by atoms with Crippen molar-refractivity contribution in [1.29, 1.82) is 0 Å². The standard InChI is InChI=1S/C20H24N8O2S/c1-26(10-16-13(12-30-4)9-27(2)25-16)22-8-15-17(11-29)28(3)20-19(15)31-18(23-20)7-14-5-6-21-24-14/h5-6,8-9,11H,7,10,12H2,1-4H3,(H,21,24)/b22-8-. The summed E-state index contributed by atoms with van der Waals surface area (Å²) in [6, 6.07) is 1.93. The molecule has 0 radical (unpaired) electrons. The van der Waals surface area contributed by atoms with Gasteiger partial charge in [-0.05, 0) is 6.07 Å². The third-order valence-corrected chi connectivity index (χ3v) is 6.00. The van der Waals surface area contributed by atoms with Gasteiger partial charge in [0.1, 0.15) is 5.01 Å². The fourth-order valence-electron chi connectivity index (χ4n) is 3.46. The number of aromatic nitrogens is 6. The minimum absolute atomic E-state index is 0.495. The van der Waals surface area contributed by atoms with Crippen molar-refractivity contribution in [1.82, 2.24) is 34.5 Å². The maximum atomic E-state index is 11.8. The van der Waals surface area contributed by atoms with Crippen molar-refractivity contribution in [2.45, 2.75) is 19.6 Å². The first-order chi connectivity index (χ1) is 15.0. The highest BCUT2D eigenvalue weighted by molar-refractivity contribution is 7.19. The van der Waals surface area contributed by atoms with Crippen LogP contribution in [0.2, 0.25) is 0 Å². The minimum Gasteiger partial charge on any atom is -0.380 e. The third kappa shape index (κ3) is 4.28. The minimum atomic E-state index is 0.495. The largest absolute Gasteiger partial charge is 0.380 e. The van der Waals surface area contributed by atoms with Crippen molar-refractivity contribution >= 4 is 34.2 Å². The predicted octanol–water partition coefficient (Wildman–Crippen LogP) is 2.11.